The molecular formula is C21H24ClN3O2S. The number of amides is 1. The number of aromatic nitrogens is 2. The van der Waals surface area contributed by atoms with Crippen molar-refractivity contribution in [1.82, 2.24) is 15.3 Å². The van der Waals surface area contributed by atoms with Crippen LogP contribution in [-0.2, 0) is 11.2 Å². The molecule has 0 aliphatic carbocycles. The van der Waals surface area contributed by atoms with Crippen LogP contribution in [0.2, 0.25) is 5.02 Å². The number of imidazole rings is 1. The summed E-state index contributed by atoms with van der Waals surface area (Å²) in [5, 5.41) is 5.76. The first-order valence-electron chi connectivity index (χ1n) is 9.27. The van der Waals surface area contributed by atoms with Gasteiger partial charge in [-0.2, -0.15) is 0 Å². The summed E-state index contributed by atoms with van der Waals surface area (Å²) in [7, 11) is 0. The van der Waals surface area contributed by atoms with E-state index in [1.54, 1.807) is 17.7 Å². The summed E-state index contributed by atoms with van der Waals surface area (Å²) in [5.74, 6) is 0.824. The number of H-pyrrole nitrogens is 1. The second kappa shape index (κ2) is 9.75. The molecule has 0 saturated heterocycles. The third kappa shape index (κ3) is 5.36. The van der Waals surface area contributed by atoms with Crippen LogP contribution < -0.4 is 10.1 Å². The highest BCUT2D eigenvalue weighted by molar-refractivity contribution is 7.13. The normalized spacial score (nSPS) is 10.8. The Balaban J connectivity index is 1.36. The average molecular weight is 418 g/mol. The van der Waals surface area contributed by atoms with E-state index in [4.69, 9.17) is 16.3 Å². The van der Waals surface area contributed by atoms with Gasteiger partial charge in [-0.25, -0.2) is 4.98 Å². The van der Waals surface area contributed by atoms with Crippen molar-refractivity contribution in [3.8, 4) is 16.3 Å². The van der Waals surface area contributed by atoms with Gasteiger partial charge in [0.1, 0.15) is 11.4 Å². The Hall–Kier alpha value is -2.31. The van der Waals surface area contributed by atoms with Crippen LogP contribution in [0, 0.1) is 13.8 Å². The highest BCUT2D eigenvalue weighted by atomic mass is 35.5. The Morgan fingerprint density at radius 1 is 1.32 bits per heavy atom. The molecule has 148 valence electrons. The third-order valence-electron chi connectivity index (χ3n) is 4.40. The van der Waals surface area contributed by atoms with Crippen LogP contribution in [0.3, 0.4) is 0 Å². The number of halogens is 1. The van der Waals surface area contributed by atoms with Crippen molar-refractivity contribution in [2.24, 2.45) is 0 Å². The molecule has 3 rings (SSSR count). The Morgan fingerprint density at radius 3 is 2.82 bits per heavy atom. The lowest BCUT2D eigenvalue weighted by molar-refractivity contribution is -0.121. The number of thiophene rings is 1. The molecule has 2 heterocycles. The molecule has 2 N–H and O–H groups in total. The largest absolute Gasteiger partial charge is 0.494 e. The second-order valence-electron chi connectivity index (χ2n) is 6.63. The fourth-order valence-corrected chi connectivity index (χ4v) is 3.82. The minimum absolute atomic E-state index is 0.0317. The predicted octanol–water partition coefficient (Wildman–Crippen LogP) is 4.93. The van der Waals surface area contributed by atoms with E-state index in [2.05, 4.69) is 15.3 Å². The minimum Gasteiger partial charge on any atom is -0.494 e. The maximum absolute atomic E-state index is 12.0. The van der Waals surface area contributed by atoms with Crippen LogP contribution in [0.1, 0.15) is 29.7 Å². The standard InChI is InChI=1S/C21H24ClN3O2S/c1-14-11-16(12-15(2)20(14)22)27-9-3-6-19(26)23-8-7-17-21(25-13-24-17)18-5-4-10-28-18/h4-5,10-13H,3,6-9H2,1-2H3,(H,23,26)(H,24,25). The number of hydrogen-bond donors (Lipinski definition) is 2. The smallest absolute Gasteiger partial charge is 0.220 e. The molecular weight excluding hydrogens is 394 g/mol. The Morgan fingerprint density at radius 2 is 2.11 bits per heavy atom. The maximum atomic E-state index is 12.0. The zero-order chi connectivity index (χ0) is 19.9. The van der Waals surface area contributed by atoms with Gasteiger partial charge in [0.2, 0.25) is 5.91 Å². The van der Waals surface area contributed by atoms with Gasteiger partial charge < -0.3 is 15.0 Å². The van der Waals surface area contributed by atoms with E-state index >= 15 is 0 Å². The summed E-state index contributed by atoms with van der Waals surface area (Å²) in [6, 6.07) is 7.90. The summed E-state index contributed by atoms with van der Waals surface area (Å²) in [6.45, 7) is 4.99. The van der Waals surface area contributed by atoms with Crippen LogP contribution in [0.5, 0.6) is 5.75 Å². The molecule has 2 aromatic heterocycles. The van der Waals surface area contributed by atoms with Gasteiger partial charge in [0, 0.05) is 30.1 Å². The molecule has 0 saturated carbocycles. The molecule has 0 unspecified atom stereocenters. The van der Waals surface area contributed by atoms with Crippen molar-refractivity contribution in [1.29, 1.82) is 0 Å². The molecule has 5 nitrogen and oxygen atoms in total. The van der Waals surface area contributed by atoms with E-state index in [-0.39, 0.29) is 5.91 Å². The van der Waals surface area contributed by atoms with Crippen LogP contribution in [-0.4, -0.2) is 29.0 Å². The van der Waals surface area contributed by atoms with E-state index in [0.29, 0.717) is 26.0 Å². The zero-order valence-electron chi connectivity index (χ0n) is 16.0. The van der Waals surface area contributed by atoms with Gasteiger partial charge in [0.05, 0.1) is 17.8 Å². The molecule has 0 aliphatic rings. The highest BCUT2D eigenvalue weighted by Gasteiger charge is 2.10. The lowest BCUT2D eigenvalue weighted by atomic mass is 10.1. The number of nitrogens with zero attached hydrogens (tertiary/aromatic N) is 1. The summed E-state index contributed by atoms with van der Waals surface area (Å²) in [4.78, 5) is 20.7. The number of ether oxygens (including phenoxy) is 1. The van der Waals surface area contributed by atoms with E-state index < -0.39 is 0 Å². The molecule has 28 heavy (non-hydrogen) atoms. The van der Waals surface area contributed by atoms with Gasteiger partial charge in [-0.3, -0.25) is 4.79 Å². The maximum Gasteiger partial charge on any atom is 0.220 e. The van der Waals surface area contributed by atoms with Gasteiger partial charge >= 0.3 is 0 Å². The topological polar surface area (TPSA) is 67.0 Å². The van der Waals surface area contributed by atoms with Crippen molar-refractivity contribution >= 4 is 28.8 Å². The molecule has 0 aliphatic heterocycles. The van der Waals surface area contributed by atoms with Crippen LogP contribution in [0.25, 0.3) is 10.6 Å². The predicted molar refractivity (Wildman–Crippen MR) is 114 cm³/mol. The number of nitrogens with one attached hydrogen (secondary N) is 2. The summed E-state index contributed by atoms with van der Waals surface area (Å²) in [5.41, 5.74) is 4.00. The molecule has 7 heteroatoms. The first-order chi connectivity index (χ1) is 13.5. The monoisotopic (exact) mass is 417 g/mol. The number of benzene rings is 1. The van der Waals surface area contributed by atoms with Crippen molar-refractivity contribution < 1.29 is 9.53 Å². The highest BCUT2D eigenvalue weighted by Crippen LogP contribution is 2.26. The quantitative estimate of drug-likeness (QED) is 0.485. The van der Waals surface area contributed by atoms with E-state index in [9.17, 15) is 4.79 Å². The number of aromatic amines is 1. The minimum atomic E-state index is 0.0317. The molecule has 0 atom stereocenters. The Kier molecular flexibility index (Phi) is 7.12. The molecule has 3 aromatic rings. The summed E-state index contributed by atoms with van der Waals surface area (Å²) < 4.78 is 5.74. The van der Waals surface area contributed by atoms with Crippen molar-refractivity contribution in [2.45, 2.75) is 33.1 Å². The number of aryl methyl sites for hydroxylation is 2. The third-order valence-corrected chi connectivity index (χ3v) is 5.87. The first kappa shape index (κ1) is 20.4. The lowest BCUT2D eigenvalue weighted by Gasteiger charge is -2.10. The van der Waals surface area contributed by atoms with Gasteiger partial charge in [0.25, 0.3) is 0 Å². The first-order valence-corrected chi connectivity index (χ1v) is 10.5. The van der Waals surface area contributed by atoms with Crippen LogP contribution >= 0.6 is 22.9 Å². The number of hydrogen-bond acceptors (Lipinski definition) is 4. The Bertz CT molecular complexity index is 899. The van der Waals surface area contributed by atoms with Gasteiger partial charge in [0.15, 0.2) is 0 Å². The van der Waals surface area contributed by atoms with Crippen molar-refractivity contribution in [3.05, 3.63) is 57.8 Å². The van der Waals surface area contributed by atoms with Crippen molar-refractivity contribution in [2.75, 3.05) is 13.2 Å². The van der Waals surface area contributed by atoms with Gasteiger partial charge in [-0.1, -0.05) is 17.7 Å². The van der Waals surface area contributed by atoms with Gasteiger partial charge in [-0.15, -0.1) is 11.3 Å². The number of rotatable bonds is 9. The molecule has 0 radical (unpaired) electrons. The molecule has 1 aromatic carbocycles. The lowest BCUT2D eigenvalue weighted by Crippen LogP contribution is -2.26. The zero-order valence-corrected chi connectivity index (χ0v) is 17.6. The number of carbonyl (C=O) groups is 1. The SMILES string of the molecule is Cc1cc(OCCCC(=O)NCCc2[nH]cnc2-c2cccs2)cc(C)c1Cl. The molecule has 0 bridgehead atoms. The fourth-order valence-electron chi connectivity index (χ4n) is 2.96. The second-order valence-corrected chi connectivity index (χ2v) is 7.96. The van der Waals surface area contributed by atoms with Crippen molar-refractivity contribution in [3.63, 3.8) is 0 Å². The number of carbonyl (C=O) groups excluding carboxylic acids is 1. The Labute approximate surface area is 174 Å². The van der Waals surface area contributed by atoms with Gasteiger partial charge in [-0.05, 0) is 55.0 Å². The summed E-state index contributed by atoms with van der Waals surface area (Å²) >= 11 is 7.82. The van der Waals surface area contributed by atoms with E-state index in [0.717, 1.165) is 44.6 Å². The fraction of sp³-hybridized carbons (Fsp3) is 0.333. The van der Waals surface area contributed by atoms with Crippen LogP contribution in [0.15, 0.2) is 36.0 Å². The molecule has 0 fully saturated rings. The summed E-state index contributed by atoms with van der Waals surface area (Å²) in [6.07, 6.45) is 3.52. The average Bonchev–Trinajstić information content (AvgIpc) is 3.34. The molecule has 1 amide bonds. The van der Waals surface area contributed by atoms with E-state index in [1.807, 2.05) is 43.5 Å². The van der Waals surface area contributed by atoms with Crippen LogP contribution in [0.4, 0.5) is 0 Å². The molecule has 0 spiro atoms. The van der Waals surface area contributed by atoms with E-state index in [1.165, 1.54) is 0 Å².